The molecule has 0 amide bonds. The minimum atomic E-state index is -0.800. The summed E-state index contributed by atoms with van der Waals surface area (Å²) in [6, 6.07) is 4.26. The van der Waals surface area contributed by atoms with Gasteiger partial charge in [0.05, 0.1) is 4.92 Å². The first-order valence-corrected chi connectivity index (χ1v) is 5.46. The van der Waals surface area contributed by atoms with E-state index in [1.165, 1.54) is 6.07 Å². The van der Waals surface area contributed by atoms with Crippen LogP contribution in [0.15, 0.2) is 18.2 Å². The van der Waals surface area contributed by atoms with E-state index in [0.717, 1.165) is 25.6 Å². The smallest absolute Gasteiger partial charge is 0.327 e. The Kier molecular flexibility index (Phi) is 3.23. The number of nitro benzene ring substituents is 1. The summed E-state index contributed by atoms with van der Waals surface area (Å²) >= 11 is 0. The van der Waals surface area contributed by atoms with Crippen molar-refractivity contribution in [3.8, 4) is 0 Å². The zero-order chi connectivity index (χ0) is 12.4. The molecular weight excluding hydrogens is 225 g/mol. The first-order valence-electron chi connectivity index (χ1n) is 5.46. The fourth-order valence-corrected chi connectivity index (χ4v) is 2.09. The van der Waals surface area contributed by atoms with Gasteiger partial charge in [-0.05, 0) is 32.1 Å². The van der Waals surface area contributed by atoms with Gasteiger partial charge >= 0.3 is 5.69 Å². The average Bonchev–Trinajstić information content (AvgIpc) is 2.63. The second-order valence-corrected chi connectivity index (χ2v) is 4.29. The number of rotatable bonds is 3. The van der Waals surface area contributed by atoms with E-state index in [2.05, 4.69) is 10.2 Å². The van der Waals surface area contributed by atoms with Gasteiger partial charge in [-0.25, -0.2) is 0 Å². The van der Waals surface area contributed by atoms with Crippen LogP contribution in [0.3, 0.4) is 0 Å². The van der Waals surface area contributed by atoms with Crippen molar-refractivity contribution in [3.63, 3.8) is 0 Å². The zero-order valence-corrected chi connectivity index (χ0v) is 9.52. The Balaban J connectivity index is 2.20. The molecule has 1 aromatic carbocycles. The van der Waals surface area contributed by atoms with Crippen molar-refractivity contribution in [1.82, 2.24) is 4.90 Å². The lowest BCUT2D eigenvalue weighted by molar-refractivity contribution is -0.386. The molecule has 2 rings (SSSR count). The van der Waals surface area contributed by atoms with E-state index in [9.17, 15) is 14.5 Å². The number of hydrogen-bond donors (Lipinski definition) is 1. The summed E-state index contributed by atoms with van der Waals surface area (Å²) < 4.78 is 13.4. The number of nitrogens with zero attached hydrogens (tertiary/aromatic N) is 2. The minimum absolute atomic E-state index is 0.139. The number of anilines is 1. The third kappa shape index (κ3) is 2.52. The molecule has 1 fully saturated rings. The number of hydrogen-bond acceptors (Lipinski definition) is 4. The van der Waals surface area contributed by atoms with Crippen LogP contribution in [0.1, 0.15) is 6.42 Å². The molecule has 0 aromatic heterocycles. The van der Waals surface area contributed by atoms with Gasteiger partial charge in [0, 0.05) is 12.6 Å². The van der Waals surface area contributed by atoms with Gasteiger partial charge < -0.3 is 10.2 Å². The number of nitrogens with one attached hydrogen (secondary N) is 1. The van der Waals surface area contributed by atoms with E-state index in [0.29, 0.717) is 0 Å². The fraction of sp³-hybridized carbons (Fsp3) is 0.455. The van der Waals surface area contributed by atoms with E-state index in [-0.39, 0.29) is 11.7 Å². The first-order chi connectivity index (χ1) is 8.08. The molecule has 0 bridgehead atoms. The lowest BCUT2D eigenvalue weighted by Crippen LogP contribution is -2.24. The second kappa shape index (κ2) is 4.67. The summed E-state index contributed by atoms with van der Waals surface area (Å²) in [7, 11) is 1.99. The van der Waals surface area contributed by atoms with Crippen LogP contribution in [0.25, 0.3) is 0 Å². The SMILES string of the molecule is CN1CCC(Nc2cccc(F)c2[N+](=O)[O-])C1. The van der Waals surface area contributed by atoms with Crippen LogP contribution in [-0.2, 0) is 0 Å². The van der Waals surface area contributed by atoms with Crippen molar-refractivity contribution in [2.75, 3.05) is 25.5 Å². The normalized spacial score (nSPS) is 20.5. The van der Waals surface area contributed by atoms with Crippen LogP contribution < -0.4 is 5.32 Å². The van der Waals surface area contributed by atoms with Crippen molar-refractivity contribution in [1.29, 1.82) is 0 Å². The highest BCUT2D eigenvalue weighted by atomic mass is 19.1. The summed E-state index contributed by atoms with van der Waals surface area (Å²) in [5.41, 5.74) is -0.211. The topological polar surface area (TPSA) is 58.4 Å². The summed E-state index contributed by atoms with van der Waals surface area (Å²) in [6.07, 6.45) is 0.907. The van der Waals surface area contributed by atoms with Crippen molar-refractivity contribution >= 4 is 11.4 Å². The van der Waals surface area contributed by atoms with Crippen molar-refractivity contribution in [2.45, 2.75) is 12.5 Å². The molecule has 0 aliphatic carbocycles. The van der Waals surface area contributed by atoms with Crippen LogP contribution >= 0.6 is 0 Å². The Morgan fingerprint density at radius 1 is 1.59 bits per heavy atom. The van der Waals surface area contributed by atoms with Crippen molar-refractivity contribution in [3.05, 3.63) is 34.1 Å². The van der Waals surface area contributed by atoms with E-state index in [4.69, 9.17) is 0 Å². The third-order valence-electron chi connectivity index (χ3n) is 2.92. The van der Waals surface area contributed by atoms with Crippen LogP contribution in [0.2, 0.25) is 0 Å². The maximum Gasteiger partial charge on any atom is 0.327 e. The van der Waals surface area contributed by atoms with Crippen LogP contribution in [-0.4, -0.2) is 36.0 Å². The monoisotopic (exact) mass is 239 g/mol. The Hall–Kier alpha value is -1.69. The summed E-state index contributed by atoms with van der Waals surface area (Å²) in [5, 5.41) is 13.8. The van der Waals surface area contributed by atoms with E-state index < -0.39 is 16.4 Å². The highest BCUT2D eigenvalue weighted by Crippen LogP contribution is 2.28. The highest BCUT2D eigenvalue weighted by molar-refractivity contribution is 5.62. The van der Waals surface area contributed by atoms with Gasteiger partial charge in [0.1, 0.15) is 5.69 Å². The summed E-state index contributed by atoms with van der Waals surface area (Å²) in [4.78, 5) is 12.2. The predicted molar refractivity (Wildman–Crippen MR) is 62.6 cm³/mol. The molecule has 5 nitrogen and oxygen atoms in total. The molecule has 1 aliphatic heterocycles. The van der Waals surface area contributed by atoms with Crippen LogP contribution in [0.5, 0.6) is 0 Å². The van der Waals surface area contributed by atoms with Gasteiger partial charge in [0.15, 0.2) is 0 Å². The van der Waals surface area contributed by atoms with E-state index >= 15 is 0 Å². The molecular formula is C11H14FN3O2. The molecule has 17 heavy (non-hydrogen) atoms. The molecule has 1 N–H and O–H groups in total. The van der Waals surface area contributed by atoms with Gasteiger partial charge in [0.25, 0.3) is 0 Å². The molecule has 0 saturated carbocycles. The van der Waals surface area contributed by atoms with Gasteiger partial charge in [-0.1, -0.05) is 6.07 Å². The third-order valence-corrected chi connectivity index (χ3v) is 2.92. The second-order valence-electron chi connectivity index (χ2n) is 4.29. The molecule has 92 valence electrons. The lowest BCUT2D eigenvalue weighted by Gasteiger charge is -2.14. The quantitative estimate of drug-likeness (QED) is 0.646. The van der Waals surface area contributed by atoms with E-state index in [1.54, 1.807) is 6.07 Å². The highest BCUT2D eigenvalue weighted by Gasteiger charge is 2.24. The van der Waals surface area contributed by atoms with Crippen molar-refractivity contribution < 1.29 is 9.31 Å². The number of nitro groups is 1. The van der Waals surface area contributed by atoms with Gasteiger partial charge in [-0.15, -0.1) is 0 Å². The average molecular weight is 239 g/mol. The minimum Gasteiger partial charge on any atom is -0.375 e. The van der Waals surface area contributed by atoms with Gasteiger partial charge in [-0.3, -0.25) is 10.1 Å². The Morgan fingerprint density at radius 3 is 2.94 bits per heavy atom. The zero-order valence-electron chi connectivity index (χ0n) is 9.52. The Bertz CT molecular complexity index is 439. The predicted octanol–water partition coefficient (Wildman–Crippen LogP) is 1.85. The lowest BCUT2D eigenvalue weighted by atomic mass is 10.2. The van der Waals surface area contributed by atoms with Gasteiger partial charge in [0.2, 0.25) is 5.82 Å². The number of benzene rings is 1. The first kappa shape index (κ1) is 11.8. The fourth-order valence-electron chi connectivity index (χ4n) is 2.09. The number of likely N-dealkylation sites (N-methyl/N-ethyl adjacent to an activating group) is 1. The maximum absolute atomic E-state index is 13.4. The van der Waals surface area contributed by atoms with Crippen molar-refractivity contribution in [2.24, 2.45) is 0 Å². The molecule has 1 saturated heterocycles. The molecule has 1 unspecified atom stereocenters. The number of halogens is 1. The van der Waals surface area contributed by atoms with Gasteiger partial charge in [-0.2, -0.15) is 4.39 Å². The molecule has 1 aliphatic rings. The maximum atomic E-state index is 13.4. The standard InChI is InChI=1S/C11H14FN3O2/c1-14-6-5-8(7-14)13-10-4-2-3-9(12)11(10)15(16)17/h2-4,8,13H,5-7H2,1H3. The summed E-state index contributed by atoms with van der Waals surface area (Å²) in [6.45, 7) is 1.76. The largest absolute Gasteiger partial charge is 0.375 e. The van der Waals surface area contributed by atoms with Crippen LogP contribution in [0, 0.1) is 15.9 Å². The van der Waals surface area contributed by atoms with Crippen LogP contribution in [0.4, 0.5) is 15.8 Å². The summed E-state index contributed by atoms with van der Waals surface area (Å²) in [5.74, 6) is -0.800. The van der Waals surface area contributed by atoms with E-state index in [1.807, 2.05) is 7.05 Å². The Labute approximate surface area is 98.4 Å². The molecule has 1 heterocycles. The Morgan fingerprint density at radius 2 is 2.35 bits per heavy atom. The molecule has 6 heteroatoms. The molecule has 0 spiro atoms. The molecule has 0 radical (unpaired) electrons. The molecule has 1 aromatic rings. The molecule has 1 atom stereocenters. The number of likely N-dealkylation sites (tertiary alicyclic amines) is 1. The number of para-hydroxylation sites is 1.